The SMILES string of the molecule is CCC(O)(C(F)F)C(F)(F)F. The lowest BCUT2D eigenvalue weighted by molar-refractivity contribution is -0.298. The summed E-state index contributed by atoms with van der Waals surface area (Å²) in [5.74, 6) is 0. The maximum Gasteiger partial charge on any atom is 0.422 e. The molecule has 0 aromatic rings. The second-order valence-corrected chi connectivity index (χ2v) is 2.08. The van der Waals surface area contributed by atoms with E-state index in [-0.39, 0.29) is 0 Å². The largest absolute Gasteiger partial charge is 0.422 e. The van der Waals surface area contributed by atoms with Crippen molar-refractivity contribution in [3.8, 4) is 0 Å². The Labute approximate surface area is 59.8 Å². The van der Waals surface area contributed by atoms with Crippen LogP contribution in [0.15, 0.2) is 0 Å². The summed E-state index contributed by atoms with van der Waals surface area (Å²) in [5.41, 5.74) is -3.85. The van der Waals surface area contributed by atoms with Crippen molar-refractivity contribution in [2.75, 3.05) is 0 Å². The van der Waals surface area contributed by atoms with Gasteiger partial charge in [-0.05, 0) is 6.42 Å². The quantitative estimate of drug-likeness (QED) is 0.641. The molecule has 0 radical (unpaired) electrons. The number of hydrogen-bond acceptors (Lipinski definition) is 1. The summed E-state index contributed by atoms with van der Waals surface area (Å²) in [4.78, 5) is 0. The van der Waals surface area contributed by atoms with Crippen LogP contribution in [0.4, 0.5) is 22.0 Å². The van der Waals surface area contributed by atoms with Crippen LogP contribution in [0.1, 0.15) is 13.3 Å². The first-order valence-electron chi connectivity index (χ1n) is 2.83. The number of alkyl halides is 5. The summed E-state index contributed by atoms with van der Waals surface area (Å²) in [6.07, 6.45) is -10.1. The lowest BCUT2D eigenvalue weighted by Crippen LogP contribution is -2.50. The summed E-state index contributed by atoms with van der Waals surface area (Å²) < 4.78 is 58.1. The molecular weight excluding hydrogens is 171 g/mol. The Morgan fingerprint density at radius 3 is 1.64 bits per heavy atom. The van der Waals surface area contributed by atoms with Crippen molar-refractivity contribution in [3.63, 3.8) is 0 Å². The van der Waals surface area contributed by atoms with Crippen LogP contribution in [0.25, 0.3) is 0 Å². The fourth-order valence-corrected chi connectivity index (χ4v) is 0.478. The molecule has 0 heterocycles. The van der Waals surface area contributed by atoms with E-state index < -0.39 is 24.6 Å². The van der Waals surface area contributed by atoms with Crippen molar-refractivity contribution in [1.29, 1.82) is 0 Å². The van der Waals surface area contributed by atoms with E-state index in [2.05, 4.69) is 0 Å². The number of hydrogen-bond donors (Lipinski definition) is 1. The van der Waals surface area contributed by atoms with Crippen LogP contribution in [0, 0.1) is 0 Å². The Hall–Kier alpha value is -0.390. The molecule has 1 atom stereocenters. The number of halogens is 5. The van der Waals surface area contributed by atoms with E-state index in [0.29, 0.717) is 0 Å². The van der Waals surface area contributed by atoms with E-state index in [1.165, 1.54) is 0 Å². The van der Waals surface area contributed by atoms with Gasteiger partial charge in [0.1, 0.15) is 0 Å². The molecule has 0 saturated heterocycles. The van der Waals surface area contributed by atoms with Gasteiger partial charge in [-0.25, -0.2) is 8.78 Å². The molecular formula is C5H7F5O. The van der Waals surface area contributed by atoms with Gasteiger partial charge >= 0.3 is 6.18 Å². The van der Waals surface area contributed by atoms with Gasteiger partial charge in [0.2, 0.25) is 5.60 Å². The van der Waals surface area contributed by atoms with Crippen LogP contribution in [0.3, 0.4) is 0 Å². The van der Waals surface area contributed by atoms with Gasteiger partial charge < -0.3 is 5.11 Å². The first kappa shape index (κ1) is 10.6. The third-order valence-electron chi connectivity index (χ3n) is 1.39. The molecule has 11 heavy (non-hydrogen) atoms. The zero-order valence-corrected chi connectivity index (χ0v) is 5.62. The van der Waals surface area contributed by atoms with Gasteiger partial charge in [-0.15, -0.1) is 0 Å². The summed E-state index contributed by atoms with van der Waals surface area (Å²) in [6, 6.07) is 0. The Morgan fingerprint density at radius 2 is 1.64 bits per heavy atom. The normalized spacial score (nSPS) is 18.5. The second kappa shape index (κ2) is 2.92. The van der Waals surface area contributed by atoms with Crippen molar-refractivity contribution in [1.82, 2.24) is 0 Å². The molecule has 68 valence electrons. The standard InChI is InChI=1S/C5H7F5O/c1-2-4(11,3(6)7)5(8,9)10/h3,11H,2H2,1H3. The van der Waals surface area contributed by atoms with Gasteiger partial charge in [-0.3, -0.25) is 0 Å². The van der Waals surface area contributed by atoms with Crippen molar-refractivity contribution in [2.24, 2.45) is 0 Å². The van der Waals surface area contributed by atoms with Gasteiger partial charge in [0.05, 0.1) is 0 Å². The lowest BCUT2D eigenvalue weighted by Gasteiger charge is -2.27. The smallest absolute Gasteiger partial charge is 0.376 e. The minimum Gasteiger partial charge on any atom is -0.376 e. The summed E-state index contributed by atoms with van der Waals surface area (Å²) >= 11 is 0. The molecule has 0 spiro atoms. The van der Waals surface area contributed by atoms with Gasteiger partial charge in [0, 0.05) is 0 Å². The Morgan fingerprint density at radius 1 is 1.27 bits per heavy atom. The van der Waals surface area contributed by atoms with Crippen molar-refractivity contribution in [2.45, 2.75) is 31.5 Å². The summed E-state index contributed by atoms with van der Waals surface area (Å²) in [7, 11) is 0. The first-order chi connectivity index (χ1) is 4.75. The highest BCUT2D eigenvalue weighted by molar-refractivity contribution is 4.87. The maximum atomic E-state index is 11.6. The molecule has 1 N–H and O–H groups in total. The van der Waals surface area contributed by atoms with Gasteiger partial charge in [-0.1, -0.05) is 6.92 Å². The highest BCUT2D eigenvalue weighted by Gasteiger charge is 2.58. The van der Waals surface area contributed by atoms with Crippen LogP contribution in [-0.2, 0) is 0 Å². The predicted octanol–water partition coefficient (Wildman–Crippen LogP) is 1.95. The van der Waals surface area contributed by atoms with E-state index in [1.807, 2.05) is 0 Å². The Kier molecular flexibility index (Phi) is 2.82. The van der Waals surface area contributed by atoms with Crippen LogP contribution in [0.2, 0.25) is 0 Å². The lowest BCUT2D eigenvalue weighted by atomic mass is 10.0. The summed E-state index contributed by atoms with van der Waals surface area (Å²) in [5, 5.41) is 8.36. The third kappa shape index (κ3) is 1.79. The van der Waals surface area contributed by atoms with E-state index in [9.17, 15) is 22.0 Å². The molecule has 0 fully saturated rings. The molecule has 0 aliphatic heterocycles. The molecule has 0 aliphatic carbocycles. The minimum absolute atomic E-state index is 0.847. The molecule has 1 nitrogen and oxygen atoms in total. The van der Waals surface area contributed by atoms with Crippen LogP contribution in [-0.4, -0.2) is 23.3 Å². The third-order valence-corrected chi connectivity index (χ3v) is 1.39. The molecule has 0 aromatic heterocycles. The van der Waals surface area contributed by atoms with E-state index >= 15 is 0 Å². The average molecular weight is 178 g/mol. The topological polar surface area (TPSA) is 20.2 Å². The molecule has 6 heteroatoms. The van der Waals surface area contributed by atoms with E-state index in [1.54, 1.807) is 0 Å². The second-order valence-electron chi connectivity index (χ2n) is 2.08. The van der Waals surface area contributed by atoms with Crippen molar-refractivity contribution >= 4 is 0 Å². The minimum atomic E-state index is -5.27. The van der Waals surface area contributed by atoms with E-state index in [0.717, 1.165) is 6.92 Å². The molecule has 0 bridgehead atoms. The number of rotatable bonds is 2. The Bertz CT molecular complexity index is 131. The van der Waals surface area contributed by atoms with Gasteiger partial charge in [0.15, 0.2) is 0 Å². The van der Waals surface area contributed by atoms with Crippen LogP contribution in [0.5, 0.6) is 0 Å². The van der Waals surface area contributed by atoms with E-state index in [4.69, 9.17) is 5.11 Å². The highest BCUT2D eigenvalue weighted by Crippen LogP contribution is 2.37. The molecule has 0 rings (SSSR count). The van der Waals surface area contributed by atoms with Crippen molar-refractivity contribution in [3.05, 3.63) is 0 Å². The summed E-state index contributed by atoms with van der Waals surface area (Å²) in [6.45, 7) is 0.847. The molecule has 0 saturated carbocycles. The highest BCUT2D eigenvalue weighted by atomic mass is 19.4. The van der Waals surface area contributed by atoms with Crippen LogP contribution >= 0.6 is 0 Å². The molecule has 1 unspecified atom stereocenters. The zero-order valence-electron chi connectivity index (χ0n) is 5.62. The van der Waals surface area contributed by atoms with Gasteiger partial charge in [-0.2, -0.15) is 13.2 Å². The Balaban J connectivity index is 4.61. The van der Waals surface area contributed by atoms with Gasteiger partial charge in [0.25, 0.3) is 6.43 Å². The fraction of sp³-hybridized carbons (Fsp3) is 1.00. The molecule has 0 aliphatic rings. The van der Waals surface area contributed by atoms with Crippen molar-refractivity contribution < 1.29 is 27.1 Å². The average Bonchev–Trinajstić information content (AvgIpc) is 1.83. The monoisotopic (exact) mass is 178 g/mol. The molecule has 0 aromatic carbocycles. The first-order valence-corrected chi connectivity index (χ1v) is 2.83. The predicted molar refractivity (Wildman–Crippen MR) is 27.3 cm³/mol. The van der Waals surface area contributed by atoms with Crippen LogP contribution < -0.4 is 0 Å². The number of aliphatic hydroxyl groups is 1. The zero-order chi connectivity index (χ0) is 9.28. The maximum absolute atomic E-state index is 11.6. The fourth-order valence-electron chi connectivity index (χ4n) is 0.478. The molecule has 0 amide bonds.